The molecule has 0 bridgehead atoms. The van der Waals surface area contributed by atoms with Crippen LogP contribution in [0.4, 0.5) is 4.39 Å². The van der Waals surface area contributed by atoms with Crippen molar-refractivity contribution in [1.29, 1.82) is 0 Å². The molecule has 2 nitrogen and oxygen atoms in total. The third kappa shape index (κ3) is 2.27. The fraction of sp³-hybridized carbons (Fsp3) is 0.375. The lowest BCUT2D eigenvalue weighted by molar-refractivity contribution is 0.563. The highest BCUT2D eigenvalue weighted by Gasteiger charge is 1.99. The lowest BCUT2D eigenvalue weighted by Crippen LogP contribution is -2.11. The summed E-state index contributed by atoms with van der Waals surface area (Å²) in [6.07, 6.45) is 2.15. The van der Waals surface area contributed by atoms with Gasteiger partial charge in [-0.25, -0.2) is 4.98 Å². The van der Waals surface area contributed by atoms with E-state index in [0.29, 0.717) is 12.0 Å². The Bertz CT molecular complexity index is 225. The molecule has 0 aliphatic rings. The van der Waals surface area contributed by atoms with E-state index in [9.17, 15) is 4.39 Å². The predicted molar refractivity (Wildman–Crippen MR) is 41.8 cm³/mol. The van der Waals surface area contributed by atoms with E-state index in [4.69, 9.17) is 0 Å². The molecule has 0 radical (unpaired) electrons. The Morgan fingerprint density at radius 3 is 3.09 bits per heavy atom. The van der Waals surface area contributed by atoms with Crippen molar-refractivity contribution in [3.05, 3.63) is 29.8 Å². The average molecular weight is 154 g/mol. The molecule has 0 aliphatic heterocycles. The van der Waals surface area contributed by atoms with Crippen molar-refractivity contribution in [2.75, 3.05) is 13.6 Å². The molecule has 3 heteroatoms. The van der Waals surface area contributed by atoms with Gasteiger partial charge < -0.3 is 5.32 Å². The first-order chi connectivity index (χ1) is 5.34. The monoisotopic (exact) mass is 154 g/mol. The van der Waals surface area contributed by atoms with Crippen LogP contribution in [-0.4, -0.2) is 18.6 Å². The van der Waals surface area contributed by atoms with Crippen LogP contribution in [-0.2, 0) is 6.42 Å². The van der Waals surface area contributed by atoms with Crippen molar-refractivity contribution in [3.63, 3.8) is 0 Å². The summed E-state index contributed by atoms with van der Waals surface area (Å²) in [5, 5.41) is 2.95. The summed E-state index contributed by atoms with van der Waals surface area (Å²) in [5.41, 5.74) is 0.668. The predicted octanol–water partition coefficient (Wildman–Crippen LogP) is 0.983. The minimum Gasteiger partial charge on any atom is -0.319 e. The average Bonchev–Trinajstić information content (AvgIpc) is 2.03. The molecule has 60 valence electrons. The highest BCUT2D eigenvalue weighted by atomic mass is 19.1. The van der Waals surface area contributed by atoms with Crippen molar-refractivity contribution < 1.29 is 4.39 Å². The molecule has 0 atom stereocenters. The number of halogens is 1. The Hall–Kier alpha value is -0.960. The summed E-state index contributed by atoms with van der Waals surface area (Å²) in [6.45, 7) is 0.780. The fourth-order valence-corrected chi connectivity index (χ4v) is 0.865. The van der Waals surface area contributed by atoms with Gasteiger partial charge in [-0.1, -0.05) is 6.07 Å². The highest BCUT2D eigenvalue weighted by molar-refractivity contribution is 5.10. The molecular weight excluding hydrogens is 143 g/mol. The van der Waals surface area contributed by atoms with Crippen molar-refractivity contribution in [2.45, 2.75) is 6.42 Å². The molecule has 0 aromatic carbocycles. The van der Waals surface area contributed by atoms with Gasteiger partial charge in [-0.2, -0.15) is 4.39 Å². The molecule has 0 fully saturated rings. The van der Waals surface area contributed by atoms with E-state index in [2.05, 4.69) is 10.3 Å². The molecule has 0 saturated heterocycles. The Morgan fingerprint density at radius 1 is 1.64 bits per heavy atom. The zero-order valence-corrected chi connectivity index (χ0v) is 6.47. The summed E-state index contributed by atoms with van der Waals surface area (Å²) in [4.78, 5) is 3.54. The van der Waals surface area contributed by atoms with Gasteiger partial charge in [0.05, 0.1) is 0 Å². The first kappa shape index (κ1) is 8.14. The molecule has 1 rings (SSSR count). The molecular formula is C8H11FN2. The van der Waals surface area contributed by atoms with Crippen LogP contribution in [0.3, 0.4) is 0 Å². The van der Waals surface area contributed by atoms with Gasteiger partial charge in [0.2, 0.25) is 5.95 Å². The number of likely N-dealkylation sites (N-methyl/N-ethyl adjacent to an activating group) is 1. The van der Waals surface area contributed by atoms with Crippen LogP contribution in [0.5, 0.6) is 0 Å². The SMILES string of the molecule is CNCCc1cccnc1F. The zero-order valence-electron chi connectivity index (χ0n) is 6.47. The minimum atomic E-state index is -0.359. The van der Waals surface area contributed by atoms with E-state index in [0.717, 1.165) is 6.54 Å². The van der Waals surface area contributed by atoms with Crippen LogP contribution < -0.4 is 5.32 Å². The van der Waals surface area contributed by atoms with Crippen LogP contribution in [0, 0.1) is 5.95 Å². The van der Waals surface area contributed by atoms with Gasteiger partial charge in [0.1, 0.15) is 0 Å². The number of pyridine rings is 1. The van der Waals surface area contributed by atoms with Crippen LogP contribution >= 0.6 is 0 Å². The standard InChI is InChI=1S/C8H11FN2/c1-10-6-4-7-3-2-5-11-8(7)9/h2-3,5,10H,4,6H2,1H3. The molecule has 1 N–H and O–H groups in total. The number of nitrogens with one attached hydrogen (secondary N) is 1. The summed E-state index contributed by atoms with van der Waals surface area (Å²) in [5.74, 6) is -0.359. The Kier molecular flexibility index (Phi) is 2.98. The van der Waals surface area contributed by atoms with E-state index < -0.39 is 0 Å². The second kappa shape index (κ2) is 4.03. The topological polar surface area (TPSA) is 24.9 Å². The van der Waals surface area contributed by atoms with Crippen molar-refractivity contribution in [2.24, 2.45) is 0 Å². The van der Waals surface area contributed by atoms with Gasteiger partial charge in [-0.3, -0.25) is 0 Å². The highest BCUT2D eigenvalue weighted by Crippen LogP contribution is 2.02. The molecule has 0 spiro atoms. The molecule has 0 amide bonds. The van der Waals surface area contributed by atoms with E-state index in [1.54, 1.807) is 12.1 Å². The Labute approximate surface area is 65.5 Å². The number of rotatable bonds is 3. The number of aromatic nitrogens is 1. The van der Waals surface area contributed by atoms with Crippen molar-refractivity contribution in [3.8, 4) is 0 Å². The van der Waals surface area contributed by atoms with Crippen LogP contribution in [0.25, 0.3) is 0 Å². The molecule has 1 aromatic heterocycles. The molecule has 0 unspecified atom stereocenters. The second-order valence-electron chi connectivity index (χ2n) is 2.31. The third-order valence-electron chi connectivity index (χ3n) is 1.48. The summed E-state index contributed by atoms with van der Waals surface area (Å²) < 4.78 is 12.8. The maximum atomic E-state index is 12.8. The van der Waals surface area contributed by atoms with Crippen molar-refractivity contribution in [1.82, 2.24) is 10.3 Å². The summed E-state index contributed by atoms with van der Waals surface area (Å²) in [6, 6.07) is 3.49. The van der Waals surface area contributed by atoms with Gasteiger partial charge in [-0.15, -0.1) is 0 Å². The number of hydrogen-bond acceptors (Lipinski definition) is 2. The van der Waals surface area contributed by atoms with Gasteiger partial charge in [-0.05, 0) is 26.1 Å². The summed E-state index contributed by atoms with van der Waals surface area (Å²) >= 11 is 0. The second-order valence-corrected chi connectivity index (χ2v) is 2.31. The maximum absolute atomic E-state index is 12.8. The normalized spacial score (nSPS) is 10.0. The lowest BCUT2D eigenvalue weighted by Gasteiger charge is -1.99. The minimum absolute atomic E-state index is 0.359. The Morgan fingerprint density at radius 2 is 2.45 bits per heavy atom. The smallest absolute Gasteiger partial charge is 0.216 e. The first-order valence-corrected chi connectivity index (χ1v) is 3.58. The lowest BCUT2D eigenvalue weighted by atomic mass is 10.2. The maximum Gasteiger partial charge on any atom is 0.216 e. The van der Waals surface area contributed by atoms with Crippen molar-refractivity contribution >= 4 is 0 Å². The largest absolute Gasteiger partial charge is 0.319 e. The van der Waals surface area contributed by atoms with E-state index >= 15 is 0 Å². The molecule has 1 heterocycles. The van der Waals surface area contributed by atoms with Gasteiger partial charge in [0, 0.05) is 11.8 Å². The quantitative estimate of drug-likeness (QED) is 0.656. The van der Waals surface area contributed by atoms with Crippen LogP contribution in [0.1, 0.15) is 5.56 Å². The zero-order chi connectivity index (χ0) is 8.10. The van der Waals surface area contributed by atoms with E-state index in [1.165, 1.54) is 6.20 Å². The number of hydrogen-bond donors (Lipinski definition) is 1. The van der Waals surface area contributed by atoms with Gasteiger partial charge in [0.25, 0.3) is 0 Å². The molecule has 11 heavy (non-hydrogen) atoms. The number of nitrogens with zero attached hydrogens (tertiary/aromatic N) is 1. The molecule has 0 saturated carbocycles. The van der Waals surface area contributed by atoms with Gasteiger partial charge >= 0.3 is 0 Å². The van der Waals surface area contributed by atoms with Crippen LogP contribution in [0.15, 0.2) is 18.3 Å². The van der Waals surface area contributed by atoms with E-state index in [1.807, 2.05) is 7.05 Å². The Balaban J connectivity index is 2.62. The first-order valence-electron chi connectivity index (χ1n) is 3.58. The van der Waals surface area contributed by atoms with E-state index in [-0.39, 0.29) is 5.95 Å². The molecule has 1 aromatic rings. The molecule has 0 aliphatic carbocycles. The fourth-order valence-electron chi connectivity index (χ4n) is 0.865. The third-order valence-corrected chi connectivity index (χ3v) is 1.48. The van der Waals surface area contributed by atoms with Gasteiger partial charge in [0.15, 0.2) is 0 Å². The summed E-state index contributed by atoms with van der Waals surface area (Å²) in [7, 11) is 1.84. The van der Waals surface area contributed by atoms with Crippen LogP contribution in [0.2, 0.25) is 0 Å².